The highest BCUT2D eigenvalue weighted by molar-refractivity contribution is 5.98. The fraction of sp³-hybridized carbons (Fsp3) is 0.333. The molecule has 1 aromatic heterocycles. The van der Waals surface area contributed by atoms with Crippen LogP contribution in [0.25, 0.3) is 22.3 Å². The Kier molecular flexibility index (Phi) is 5.10. The molecular formula is C27H27FN4O. The van der Waals surface area contributed by atoms with Crippen LogP contribution < -0.4 is 16.0 Å². The van der Waals surface area contributed by atoms with Crippen molar-refractivity contribution in [1.82, 2.24) is 15.6 Å². The van der Waals surface area contributed by atoms with Crippen LogP contribution in [0.15, 0.2) is 42.5 Å². The molecule has 0 unspecified atom stereocenters. The SMILES string of the molecule is O=C1NCCc2cc3c(cc21)CCNc1nc(F)c(-c2ccc(C4CCNCC4)cc2)cc1-3. The van der Waals surface area contributed by atoms with Crippen molar-refractivity contribution in [3.63, 3.8) is 0 Å². The fourth-order valence-corrected chi connectivity index (χ4v) is 5.41. The molecule has 0 saturated carbocycles. The molecule has 6 rings (SSSR count). The lowest BCUT2D eigenvalue weighted by Gasteiger charge is -2.23. The molecule has 3 aliphatic heterocycles. The van der Waals surface area contributed by atoms with E-state index in [1.165, 1.54) is 5.56 Å². The van der Waals surface area contributed by atoms with Gasteiger partial charge in [0.15, 0.2) is 0 Å². The molecule has 33 heavy (non-hydrogen) atoms. The summed E-state index contributed by atoms with van der Waals surface area (Å²) in [6.07, 6.45) is 3.84. The van der Waals surface area contributed by atoms with Gasteiger partial charge in [0.05, 0.1) is 0 Å². The van der Waals surface area contributed by atoms with Crippen molar-refractivity contribution in [2.45, 2.75) is 31.6 Å². The van der Waals surface area contributed by atoms with Gasteiger partial charge in [0.25, 0.3) is 5.91 Å². The summed E-state index contributed by atoms with van der Waals surface area (Å²) in [7, 11) is 0. The number of hydrogen-bond acceptors (Lipinski definition) is 4. The molecule has 3 N–H and O–H groups in total. The first-order valence-electron chi connectivity index (χ1n) is 11.9. The summed E-state index contributed by atoms with van der Waals surface area (Å²) >= 11 is 0. The van der Waals surface area contributed by atoms with Crippen molar-refractivity contribution in [1.29, 1.82) is 0 Å². The molecule has 3 aliphatic rings. The van der Waals surface area contributed by atoms with Gasteiger partial charge < -0.3 is 16.0 Å². The first-order valence-corrected chi connectivity index (χ1v) is 11.9. The Morgan fingerprint density at radius 1 is 0.788 bits per heavy atom. The second kappa shape index (κ2) is 8.27. The number of carbonyl (C=O) groups is 1. The van der Waals surface area contributed by atoms with Gasteiger partial charge in [-0.3, -0.25) is 4.79 Å². The zero-order chi connectivity index (χ0) is 22.4. The molecule has 4 heterocycles. The van der Waals surface area contributed by atoms with E-state index in [9.17, 15) is 4.79 Å². The summed E-state index contributed by atoms with van der Waals surface area (Å²) in [4.78, 5) is 16.7. The normalized spacial score (nSPS) is 17.8. The Hall–Kier alpha value is -3.25. The standard InChI is InChI=1S/C27H27FN4O/c28-25-22(18-3-1-16(2-4-18)17-5-9-29-10-6-17)15-24-21-13-20-8-12-31-27(33)23(20)14-19(21)7-11-30-26(24)32-25/h1-4,13-15,17,29H,5-12H2,(H,30,32)(H,31,33). The quantitative estimate of drug-likeness (QED) is 0.519. The first kappa shape index (κ1) is 20.4. The second-order valence-electron chi connectivity index (χ2n) is 9.22. The third-order valence-electron chi connectivity index (χ3n) is 7.24. The zero-order valence-electron chi connectivity index (χ0n) is 18.5. The lowest BCUT2D eigenvalue weighted by atomic mass is 9.88. The summed E-state index contributed by atoms with van der Waals surface area (Å²) in [6, 6.07) is 14.3. The average molecular weight is 443 g/mol. The highest BCUT2D eigenvalue weighted by Crippen LogP contribution is 2.38. The maximum absolute atomic E-state index is 15.1. The van der Waals surface area contributed by atoms with Gasteiger partial charge in [-0.2, -0.15) is 4.39 Å². The zero-order valence-corrected chi connectivity index (χ0v) is 18.5. The minimum absolute atomic E-state index is 0.0109. The van der Waals surface area contributed by atoms with E-state index in [0.29, 0.717) is 30.4 Å². The molecule has 0 spiro atoms. The van der Waals surface area contributed by atoms with Crippen molar-refractivity contribution >= 4 is 11.7 Å². The fourth-order valence-electron chi connectivity index (χ4n) is 5.41. The predicted octanol–water partition coefficient (Wildman–Crippen LogP) is 4.28. The predicted molar refractivity (Wildman–Crippen MR) is 128 cm³/mol. The van der Waals surface area contributed by atoms with Crippen LogP contribution in [0.1, 0.15) is 45.8 Å². The molecule has 3 aromatic rings. The minimum Gasteiger partial charge on any atom is -0.369 e. The molecule has 0 atom stereocenters. The molecule has 5 nitrogen and oxygen atoms in total. The highest BCUT2D eigenvalue weighted by atomic mass is 19.1. The number of hydrogen-bond donors (Lipinski definition) is 3. The minimum atomic E-state index is -0.461. The van der Waals surface area contributed by atoms with E-state index >= 15 is 4.39 Å². The number of pyridine rings is 1. The van der Waals surface area contributed by atoms with Gasteiger partial charge in [-0.25, -0.2) is 4.98 Å². The van der Waals surface area contributed by atoms with Crippen molar-refractivity contribution in [3.8, 4) is 22.3 Å². The van der Waals surface area contributed by atoms with Crippen LogP contribution in [-0.4, -0.2) is 37.1 Å². The molecule has 1 fully saturated rings. The number of halogens is 1. The van der Waals surface area contributed by atoms with Crippen LogP contribution in [0.2, 0.25) is 0 Å². The van der Waals surface area contributed by atoms with Crippen molar-refractivity contribution in [3.05, 3.63) is 70.7 Å². The van der Waals surface area contributed by atoms with Crippen LogP contribution in [0, 0.1) is 5.95 Å². The summed E-state index contributed by atoms with van der Waals surface area (Å²) < 4.78 is 15.1. The van der Waals surface area contributed by atoms with E-state index in [-0.39, 0.29) is 5.91 Å². The van der Waals surface area contributed by atoms with Gasteiger partial charge in [0.1, 0.15) is 5.82 Å². The monoisotopic (exact) mass is 442 g/mol. The van der Waals surface area contributed by atoms with Crippen LogP contribution in [0.4, 0.5) is 10.2 Å². The van der Waals surface area contributed by atoms with Crippen LogP contribution in [-0.2, 0) is 12.8 Å². The van der Waals surface area contributed by atoms with E-state index in [4.69, 9.17) is 0 Å². The molecule has 0 aliphatic carbocycles. The Morgan fingerprint density at radius 2 is 1.48 bits per heavy atom. The van der Waals surface area contributed by atoms with Crippen molar-refractivity contribution < 1.29 is 9.18 Å². The third-order valence-corrected chi connectivity index (χ3v) is 7.24. The summed E-state index contributed by atoms with van der Waals surface area (Å²) in [5.74, 6) is 0.663. The van der Waals surface area contributed by atoms with Crippen LogP contribution in [0.3, 0.4) is 0 Å². The summed E-state index contributed by atoms with van der Waals surface area (Å²) in [5.41, 5.74) is 7.51. The molecule has 2 aromatic carbocycles. The lowest BCUT2D eigenvalue weighted by Crippen LogP contribution is -2.32. The molecule has 1 saturated heterocycles. The van der Waals surface area contributed by atoms with Gasteiger partial charge >= 0.3 is 0 Å². The maximum Gasteiger partial charge on any atom is 0.251 e. The van der Waals surface area contributed by atoms with E-state index in [0.717, 1.165) is 72.2 Å². The van der Waals surface area contributed by atoms with E-state index in [2.05, 4.69) is 39.1 Å². The van der Waals surface area contributed by atoms with Gasteiger partial charge in [0, 0.05) is 29.8 Å². The number of fused-ring (bicyclic) bond motifs is 4. The van der Waals surface area contributed by atoms with E-state index < -0.39 is 5.95 Å². The average Bonchev–Trinajstić information content (AvgIpc) is 3.02. The maximum atomic E-state index is 15.1. The van der Waals surface area contributed by atoms with Gasteiger partial charge in [-0.15, -0.1) is 0 Å². The van der Waals surface area contributed by atoms with Gasteiger partial charge in [-0.1, -0.05) is 24.3 Å². The number of anilines is 1. The molecule has 0 radical (unpaired) electrons. The highest BCUT2D eigenvalue weighted by Gasteiger charge is 2.24. The molecule has 6 heteroatoms. The second-order valence-corrected chi connectivity index (χ2v) is 9.22. The molecule has 1 amide bonds. The molecule has 168 valence electrons. The molecular weight excluding hydrogens is 415 g/mol. The van der Waals surface area contributed by atoms with E-state index in [1.807, 2.05) is 24.3 Å². The lowest BCUT2D eigenvalue weighted by molar-refractivity contribution is 0.0946. The number of aromatic nitrogens is 1. The Morgan fingerprint density at radius 3 is 2.27 bits per heavy atom. The summed E-state index contributed by atoms with van der Waals surface area (Å²) in [6.45, 7) is 3.39. The third kappa shape index (κ3) is 3.68. The molecule has 0 bridgehead atoms. The Balaban J connectivity index is 1.42. The first-order chi connectivity index (χ1) is 16.2. The number of amides is 1. The van der Waals surface area contributed by atoms with Crippen LogP contribution >= 0.6 is 0 Å². The van der Waals surface area contributed by atoms with Crippen molar-refractivity contribution in [2.24, 2.45) is 0 Å². The van der Waals surface area contributed by atoms with Crippen molar-refractivity contribution in [2.75, 3.05) is 31.5 Å². The van der Waals surface area contributed by atoms with Crippen LogP contribution in [0.5, 0.6) is 0 Å². The van der Waals surface area contributed by atoms with Gasteiger partial charge in [0.2, 0.25) is 5.95 Å². The summed E-state index contributed by atoms with van der Waals surface area (Å²) in [5, 5.41) is 9.62. The Labute approximate surface area is 192 Å². The number of nitrogens with one attached hydrogen (secondary N) is 3. The van der Waals surface area contributed by atoms with Gasteiger partial charge in [-0.05, 0) is 90.7 Å². The van der Waals surface area contributed by atoms with E-state index in [1.54, 1.807) is 0 Å². The smallest absolute Gasteiger partial charge is 0.251 e. The topological polar surface area (TPSA) is 66.0 Å². The number of nitrogens with zero attached hydrogens (tertiary/aromatic N) is 1. The number of piperidine rings is 1. The Bertz CT molecular complexity index is 1230. The number of benzene rings is 2. The number of carbonyl (C=O) groups excluding carboxylic acids is 1. The largest absolute Gasteiger partial charge is 0.369 e. The number of rotatable bonds is 2.